The first-order valence-electron chi connectivity index (χ1n) is 7.85. The van der Waals surface area contributed by atoms with E-state index in [4.69, 9.17) is 23.2 Å². The highest BCUT2D eigenvalue weighted by Crippen LogP contribution is 2.27. The highest BCUT2D eigenvalue weighted by Gasteiger charge is 2.22. The Morgan fingerprint density at radius 2 is 1.82 bits per heavy atom. The quantitative estimate of drug-likeness (QED) is 0.606. The molecular formula is C17H14Cl2N4O3S2. The van der Waals surface area contributed by atoms with Crippen LogP contribution in [0.4, 0.5) is 10.8 Å². The number of rotatable bonds is 6. The number of nitrogens with one attached hydrogen (secondary N) is 1. The van der Waals surface area contributed by atoms with E-state index < -0.39 is 22.5 Å². The van der Waals surface area contributed by atoms with Crippen LogP contribution >= 0.6 is 34.5 Å². The van der Waals surface area contributed by atoms with Crippen molar-refractivity contribution in [2.24, 2.45) is 0 Å². The second-order valence-corrected chi connectivity index (χ2v) is 9.47. The van der Waals surface area contributed by atoms with Gasteiger partial charge in [0.25, 0.3) is 0 Å². The van der Waals surface area contributed by atoms with Crippen molar-refractivity contribution < 1.29 is 13.2 Å². The highest BCUT2D eigenvalue weighted by molar-refractivity contribution is 7.92. The van der Waals surface area contributed by atoms with Crippen LogP contribution < -0.4 is 9.62 Å². The molecular weight excluding hydrogens is 443 g/mol. The van der Waals surface area contributed by atoms with E-state index in [2.05, 4.69) is 15.5 Å². The van der Waals surface area contributed by atoms with Crippen molar-refractivity contribution in [3.8, 4) is 10.6 Å². The zero-order chi connectivity index (χ0) is 20.3. The Labute approximate surface area is 176 Å². The second kappa shape index (κ2) is 8.44. The summed E-state index contributed by atoms with van der Waals surface area (Å²) in [4.78, 5) is 12.4. The molecule has 0 radical (unpaired) electrons. The van der Waals surface area contributed by atoms with Gasteiger partial charge in [-0.25, -0.2) is 8.42 Å². The van der Waals surface area contributed by atoms with Gasteiger partial charge in [-0.15, -0.1) is 10.2 Å². The predicted molar refractivity (Wildman–Crippen MR) is 113 cm³/mol. The molecule has 7 nitrogen and oxygen atoms in total. The molecule has 146 valence electrons. The first kappa shape index (κ1) is 20.5. The summed E-state index contributed by atoms with van der Waals surface area (Å²) in [6.45, 7) is -0.422. The lowest BCUT2D eigenvalue weighted by atomic mass is 10.2. The van der Waals surface area contributed by atoms with Crippen LogP contribution in [0, 0.1) is 0 Å². The Morgan fingerprint density at radius 3 is 2.46 bits per heavy atom. The molecule has 0 unspecified atom stereocenters. The fourth-order valence-corrected chi connectivity index (χ4v) is 4.23. The van der Waals surface area contributed by atoms with Crippen LogP contribution in [0.2, 0.25) is 10.0 Å². The second-order valence-electron chi connectivity index (χ2n) is 5.72. The van der Waals surface area contributed by atoms with Crippen LogP contribution in [0.3, 0.4) is 0 Å². The highest BCUT2D eigenvalue weighted by atomic mass is 35.5. The number of nitrogens with zero attached hydrogens (tertiary/aromatic N) is 3. The molecule has 0 spiro atoms. The van der Waals surface area contributed by atoms with Crippen molar-refractivity contribution in [3.05, 3.63) is 58.6 Å². The van der Waals surface area contributed by atoms with E-state index in [1.807, 2.05) is 0 Å². The molecule has 0 saturated carbocycles. The maximum absolute atomic E-state index is 12.4. The van der Waals surface area contributed by atoms with Crippen LogP contribution in [0.25, 0.3) is 10.6 Å². The first-order chi connectivity index (χ1) is 13.2. The molecule has 28 heavy (non-hydrogen) atoms. The van der Waals surface area contributed by atoms with Gasteiger partial charge in [0.15, 0.2) is 0 Å². The third-order valence-electron chi connectivity index (χ3n) is 3.55. The van der Waals surface area contributed by atoms with E-state index in [1.165, 1.54) is 17.4 Å². The topological polar surface area (TPSA) is 92.3 Å². The smallest absolute Gasteiger partial charge is 0.246 e. The van der Waals surface area contributed by atoms with Crippen LogP contribution in [0.1, 0.15) is 0 Å². The summed E-state index contributed by atoms with van der Waals surface area (Å²) in [5.74, 6) is -0.552. The number of halogens is 2. The number of carbonyl (C=O) groups excluding carboxylic acids is 1. The molecule has 1 N–H and O–H groups in total. The third kappa shape index (κ3) is 5.20. The molecule has 3 rings (SSSR count). The van der Waals surface area contributed by atoms with E-state index in [-0.39, 0.29) is 5.13 Å². The van der Waals surface area contributed by atoms with Gasteiger partial charge in [0.2, 0.25) is 21.1 Å². The number of hydrogen-bond acceptors (Lipinski definition) is 6. The van der Waals surface area contributed by atoms with Gasteiger partial charge in [0.1, 0.15) is 11.6 Å². The standard InChI is InChI=1S/C17H14Cl2N4O3S2/c1-28(25,26)23(14-4-2-3-13(19)9-14)10-15(24)20-17-22-21-16(27-17)11-5-7-12(18)8-6-11/h2-9H,10H2,1H3,(H,20,22,24). The van der Waals surface area contributed by atoms with Crippen molar-refractivity contribution in [2.75, 3.05) is 22.4 Å². The van der Waals surface area contributed by atoms with E-state index in [1.54, 1.807) is 42.5 Å². The maximum Gasteiger partial charge on any atom is 0.246 e. The Kier molecular flexibility index (Phi) is 6.19. The Morgan fingerprint density at radius 1 is 1.11 bits per heavy atom. The summed E-state index contributed by atoms with van der Waals surface area (Å²) < 4.78 is 25.2. The number of aromatic nitrogens is 2. The Bertz CT molecular complexity index is 1100. The molecule has 0 aliphatic rings. The van der Waals surface area contributed by atoms with Crippen LogP contribution in [-0.2, 0) is 14.8 Å². The average molecular weight is 457 g/mol. The molecule has 0 atom stereocenters. The summed E-state index contributed by atoms with van der Waals surface area (Å²) >= 11 is 13.0. The minimum atomic E-state index is -3.70. The van der Waals surface area contributed by atoms with Crippen molar-refractivity contribution in [1.82, 2.24) is 10.2 Å². The summed E-state index contributed by atoms with van der Waals surface area (Å²) in [5.41, 5.74) is 1.10. The third-order valence-corrected chi connectivity index (χ3v) is 6.06. The predicted octanol–water partition coefficient (Wildman–Crippen LogP) is 3.92. The Balaban J connectivity index is 1.74. The molecule has 3 aromatic rings. The van der Waals surface area contributed by atoms with Gasteiger partial charge in [-0.1, -0.05) is 52.7 Å². The molecule has 11 heteroatoms. The van der Waals surface area contributed by atoms with E-state index in [0.717, 1.165) is 16.1 Å². The molecule has 0 fully saturated rings. The maximum atomic E-state index is 12.4. The summed E-state index contributed by atoms with van der Waals surface area (Å²) in [6.07, 6.45) is 1.02. The molecule has 0 bridgehead atoms. The average Bonchev–Trinajstić information content (AvgIpc) is 3.07. The molecule has 1 aromatic heterocycles. The van der Waals surface area contributed by atoms with Gasteiger partial charge in [-0.2, -0.15) is 0 Å². The normalized spacial score (nSPS) is 11.2. The molecule has 1 heterocycles. The van der Waals surface area contributed by atoms with E-state index in [9.17, 15) is 13.2 Å². The van der Waals surface area contributed by atoms with Gasteiger partial charge < -0.3 is 0 Å². The zero-order valence-electron chi connectivity index (χ0n) is 14.5. The van der Waals surface area contributed by atoms with Crippen molar-refractivity contribution in [1.29, 1.82) is 0 Å². The first-order valence-corrected chi connectivity index (χ1v) is 11.3. The van der Waals surface area contributed by atoms with Gasteiger partial charge in [-0.05, 0) is 30.3 Å². The lowest BCUT2D eigenvalue weighted by Crippen LogP contribution is -2.37. The lowest BCUT2D eigenvalue weighted by Gasteiger charge is -2.21. The number of carbonyl (C=O) groups is 1. The van der Waals surface area contributed by atoms with Crippen molar-refractivity contribution in [2.45, 2.75) is 0 Å². The fourth-order valence-electron chi connectivity index (χ4n) is 2.30. The number of anilines is 2. The largest absolute Gasteiger partial charge is 0.299 e. The van der Waals surface area contributed by atoms with Crippen LogP contribution in [0.5, 0.6) is 0 Å². The van der Waals surface area contributed by atoms with E-state index in [0.29, 0.717) is 20.7 Å². The number of benzene rings is 2. The van der Waals surface area contributed by atoms with Crippen molar-refractivity contribution in [3.63, 3.8) is 0 Å². The SMILES string of the molecule is CS(=O)(=O)N(CC(=O)Nc1nnc(-c2ccc(Cl)cc2)s1)c1cccc(Cl)c1. The van der Waals surface area contributed by atoms with E-state index >= 15 is 0 Å². The van der Waals surface area contributed by atoms with Crippen molar-refractivity contribution >= 4 is 61.3 Å². The van der Waals surface area contributed by atoms with Gasteiger partial charge in [0, 0.05) is 15.6 Å². The molecule has 1 amide bonds. The number of amides is 1. The van der Waals surface area contributed by atoms with Gasteiger partial charge in [0.05, 0.1) is 11.9 Å². The Hall–Kier alpha value is -2.20. The van der Waals surface area contributed by atoms with Crippen LogP contribution in [-0.4, -0.2) is 37.3 Å². The van der Waals surface area contributed by atoms with Gasteiger partial charge in [-0.3, -0.25) is 14.4 Å². The summed E-state index contributed by atoms with van der Waals surface area (Å²) in [7, 11) is -3.70. The fraction of sp³-hybridized carbons (Fsp3) is 0.118. The minimum absolute atomic E-state index is 0.259. The van der Waals surface area contributed by atoms with Crippen LogP contribution in [0.15, 0.2) is 48.5 Å². The lowest BCUT2D eigenvalue weighted by molar-refractivity contribution is -0.114. The molecule has 2 aromatic carbocycles. The summed E-state index contributed by atoms with van der Waals surface area (Å²) in [5, 5.41) is 12.3. The molecule has 0 aliphatic carbocycles. The number of sulfonamides is 1. The monoisotopic (exact) mass is 456 g/mol. The molecule has 0 saturated heterocycles. The minimum Gasteiger partial charge on any atom is -0.299 e. The summed E-state index contributed by atoms with van der Waals surface area (Å²) in [6, 6.07) is 13.3. The zero-order valence-corrected chi connectivity index (χ0v) is 17.6. The molecule has 0 aliphatic heterocycles. The number of hydrogen-bond donors (Lipinski definition) is 1. The van der Waals surface area contributed by atoms with Gasteiger partial charge >= 0.3 is 0 Å².